The van der Waals surface area contributed by atoms with Crippen molar-refractivity contribution in [2.45, 2.75) is 20.4 Å². The molecule has 5 aromatic rings. The maximum absolute atomic E-state index is 12.9. The Morgan fingerprint density at radius 2 is 1.93 bits per heavy atom. The first-order valence-electron chi connectivity index (χ1n) is 9.45. The highest BCUT2D eigenvalue weighted by Crippen LogP contribution is 2.24. The zero-order valence-electron chi connectivity index (χ0n) is 16.1. The number of H-pyrrole nitrogens is 1. The largest absolute Gasteiger partial charge is 0.426 e. The first-order chi connectivity index (χ1) is 14.1. The van der Waals surface area contributed by atoms with E-state index in [-0.39, 0.29) is 5.69 Å². The van der Waals surface area contributed by atoms with Crippen LogP contribution >= 0.6 is 0 Å². The molecule has 3 aromatic heterocycles. The maximum atomic E-state index is 12.9. The summed E-state index contributed by atoms with van der Waals surface area (Å²) in [4.78, 5) is 24.9. The van der Waals surface area contributed by atoms with Crippen LogP contribution in [-0.4, -0.2) is 24.1 Å². The monoisotopic (exact) mass is 385 g/mol. The van der Waals surface area contributed by atoms with Gasteiger partial charge in [0.2, 0.25) is 0 Å². The summed E-state index contributed by atoms with van der Waals surface area (Å²) in [6.07, 6.45) is 1.69. The molecule has 0 amide bonds. The van der Waals surface area contributed by atoms with Crippen molar-refractivity contribution in [2.75, 3.05) is 0 Å². The molecule has 0 radical (unpaired) electrons. The van der Waals surface area contributed by atoms with Crippen LogP contribution in [0, 0.1) is 6.92 Å². The Kier molecular flexibility index (Phi) is 3.94. The lowest BCUT2D eigenvalue weighted by molar-refractivity contribution is 0.449. The van der Waals surface area contributed by atoms with E-state index in [0.717, 1.165) is 27.8 Å². The normalized spacial score (nSPS) is 11.4. The fraction of sp³-hybridized carbons (Fsp3) is 0.136. The molecule has 0 unspecified atom stereocenters. The number of ether oxygens (including phenoxy) is 1. The van der Waals surface area contributed by atoms with Crippen LogP contribution in [0.25, 0.3) is 27.9 Å². The molecule has 5 rings (SSSR count). The molecule has 0 saturated carbocycles. The molecule has 3 heterocycles. The minimum absolute atomic E-state index is 0.109. The quantitative estimate of drug-likeness (QED) is 0.503. The van der Waals surface area contributed by atoms with Crippen LogP contribution in [-0.2, 0) is 6.54 Å². The number of hydrogen-bond donors (Lipinski definition) is 1. The number of pyridine rings is 1. The number of benzene rings is 2. The van der Waals surface area contributed by atoms with Crippen molar-refractivity contribution in [2.24, 2.45) is 0 Å². The lowest BCUT2D eigenvalue weighted by atomic mass is 10.2. The molecule has 0 saturated heterocycles. The van der Waals surface area contributed by atoms with Gasteiger partial charge in [0.25, 0.3) is 6.01 Å². The van der Waals surface area contributed by atoms with Gasteiger partial charge in [-0.2, -0.15) is 4.98 Å². The predicted molar refractivity (Wildman–Crippen MR) is 112 cm³/mol. The molecule has 7 heteroatoms. The molecule has 0 fully saturated rings. The van der Waals surface area contributed by atoms with Crippen molar-refractivity contribution < 1.29 is 4.74 Å². The van der Waals surface area contributed by atoms with E-state index in [9.17, 15) is 4.79 Å². The van der Waals surface area contributed by atoms with Gasteiger partial charge in [-0.15, -0.1) is 0 Å². The molecule has 29 heavy (non-hydrogen) atoms. The highest BCUT2D eigenvalue weighted by atomic mass is 16.5. The van der Waals surface area contributed by atoms with Crippen LogP contribution < -0.4 is 10.4 Å². The average Bonchev–Trinajstić information content (AvgIpc) is 3.25. The van der Waals surface area contributed by atoms with E-state index in [0.29, 0.717) is 24.0 Å². The van der Waals surface area contributed by atoms with Gasteiger partial charge in [0, 0.05) is 12.7 Å². The van der Waals surface area contributed by atoms with Crippen LogP contribution in [0.15, 0.2) is 65.6 Å². The fourth-order valence-electron chi connectivity index (χ4n) is 3.55. The Morgan fingerprint density at radius 1 is 1.10 bits per heavy atom. The van der Waals surface area contributed by atoms with Crippen molar-refractivity contribution in [1.29, 1.82) is 0 Å². The SMILES string of the molecule is CCn1c(=O)n(-c2ccc(Oc3nc4ccc(C)cc4[nH]3)cc2)c2ncccc21. The summed E-state index contributed by atoms with van der Waals surface area (Å²) in [7, 11) is 0. The minimum Gasteiger partial charge on any atom is -0.426 e. The third-order valence-corrected chi connectivity index (χ3v) is 4.93. The summed E-state index contributed by atoms with van der Waals surface area (Å²) >= 11 is 0. The van der Waals surface area contributed by atoms with E-state index in [1.54, 1.807) is 15.3 Å². The fourth-order valence-corrected chi connectivity index (χ4v) is 3.55. The van der Waals surface area contributed by atoms with Gasteiger partial charge >= 0.3 is 5.69 Å². The smallest absolute Gasteiger partial charge is 0.334 e. The second-order valence-corrected chi connectivity index (χ2v) is 6.87. The molecular weight excluding hydrogens is 366 g/mol. The number of nitrogens with zero attached hydrogens (tertiary/aromatic N) is 4. The topological polar surface area (TPSA) is 77.7 Å². The predicted octanol–water partition coefficient (Wildman–Crippen LogP) is 4.18. The van der Waals surface area contributed by atoms with Gasteiger partial charge in [0.05, 0.1) is 22.2 Å². The highest BCUT2D eigenvalue weighted by molar-refractivity contribution is 5.76. The number of rotatable bonds is 4. The van der Waals surface area contributed by atoms with Crippen LogP contribution in [0.5, 0.6) is 11.8 Å². The molecule has 144 valence electrons. The van der Waals surface area contributed by atoms with Crippen LogP contribution in [0.3, 0.4) is 0 Å². The zero-order chi connectivity index (χ0) is 20.0. The van der Waals surface area contributed by atoms with Gasteiger partial charge in [-0.25, -0.2) is 14.3 Å². The minimum atomic E-state index is -0.109. The van der Waals surface area contributed by atoms with E-state index in [4.69, 9.17) is 4.74 Å². The van der Waals surface area contributed by atoms with E-state index in [1.807, 2.05) is 68.4 Å². The lowest BCUT2D eigenvalue weighted by Gasteiger charge is -2.05. The van der Waals surface area contributed by atoms with E-state index in [1.165, 1.54) is 0 Å². The van der Waals surface area contributed by atoms with Crippen molar-refractivity contribution in [3.8, 4) is 17.4 Å². The molecule has 1 N–H and O–H groups in total. The van der Waals surface area contributed by atoms with Crippen LogP contribution in [0.1, 0.15) is 12.5 Å². The Morgan fingerprint density at radius 3 is 2.72 bits per heavy atom. The second kappa shape index (κ2) is 6.63. The van der Waals surface area contributed by atoms with E-state index >= 15 is 0 Å². The molecule has 0 spiro atoms. The Bertz CT molecular complexity index is 1390. The van der Waals surface area contributed by atoms with Gasteiger partial charge in [0.15, 0.2) is 5.65 Å². The molecule has 0 bridgehead atoms. The van der Waals surface area contributed by atoms with Crippen LogP contribution in [0.2, 0.25) is 0 Å². The summed E-state index contributed by atoms with van der Waals surface area (Å²) in [6.45, 7) is 4.57. The summed E-state index contributed by atoms with van der Waals surface area (Å²) in [5.74, 6) is 0.629. The third kappa shape index (κ3) is 2.87. The van der Waals surface area contributed by atoms with Crippen molar-refractivity contribution in [3.63, 3.8) is 0 Å². The number of imidazole rings is 2. The molecule has 7 nitrogen and oxygen atoms in total. The summed E-state index contributed by atoms with van der Waals surface area (Å²) in [6, 6.07) is 17.5. The standard InChI is InChI=1S/C22H19N5O2/c1-3-26-19-5-4-12-23-20(19)27(22(26)28)15-7-9-16(10-8-15)29-21-24-17-11-6-14(2)13-18(17)25-21/h4-13H,3H2,1-2H3,(H,24,25). The van der Waals surface area contributed by atoms with Crippen molar-refractivity contribution in [3.05, 3.63) is 76.8 Å². The van der Waals surface area contributed by atoms with Crippen LogP contribution in [0.4, 0.5) is 0 Å². The maximum Gasteiger partial charge on any atom is 0.334 e. The molecule has 0 atom stereocenters. The first-order valence-corrected chi connectivity index (χ1v) is 9.45. The Hall–Kier alpha value is -3.87. The summed E-state index contributed by atoms with van der Waals surface area (Å²) in [5.41, 5.74) is 5.02. The zero-order valence-corrected chi connectivity index (χ0v) is 16.1. The average molecular weight is 385 g/mol. The molecule has 0 aliphatic carbocycles. The second-order valence-electron chi connectivity index (χ2n) is 6.87. The summed E-state index contributed by atoms with van der Waals surface area (Å²) in [5, 5.41) is 0. The molecule has 0 aliphatic rings. The van der Waals surface area contributed by atoms with Gasteiger partial charge in [0.1, 0.15) is 5.75 Å². The van der Waals surface area contributed by atoms with Crippen molar-refractivity contribution >= 4 is 22.2 Å². The van der Waals surface area contributed by atoms with Gasteiger partial charge in [-0.05, 0) is 67.9 Å². The van der Waals surface area contributed by atoms with Gasteiger partial charge in [-0.1, -0.05) is 6.07 Å². The van der Waals surface area contributed by atoms with Crippen molar-refractivity contribution in [1.82, 2.24) is 24.1 Å². The number of aromatic amines is 1. The number of hydrogen-bond acceptors (Lipinski definition) is 4. The Balaban J connectivity index is 1.50. The number of nitrogens with one attached hydrogen (secondary N) is 1. The highest BCUT2D eigenvalue weighted by Gasteiger charge is 2.14. The number of aromatic nitrogens is 5. The third-order valence-electron chi connectivity index (χ3n) is 4.93. The summed E-state index contributed by atoms with van der Waals surface area (Å²) < 4.78 is 9.19. The van der Waals surface area contributed by atoms with Gasteiger partial charge < -0.3 is 9.72 Å². The number of fused-ring (bicyclic) bond motifs is 2. The molecule has 2 aromatic carbocycles. The number of aryl methyl sites for hydroxylation is 2. The Labute approximate surface area is 166 Å². The van der Waals surface area contributed by atoms with E-state index < -0.39 is 0 Å². The lowest BCUT2D eigenvalue weighted by Crippen LogP contribution is -2.22. The molecule has 0 aliphatic heterocycles. The van der Waals surface area contributed by atoms with E-state index in [2.05, 4.69) is 15.0 Å². The first kappa shape index (κ1) is 17.2. The molecular formula is C22H19N5O2. The van der Waals surface area contributed by atoms with Gasteiger partial charge in [-0.3, -0.25) is 4.57 Å².